The summed E-state index contributed by atoms with van der Waals surface area (Å²) in [6.45, 7) is 21.2. The molecular formula is C34H58O3. The molecule has 3 rings (SSSR count). The van der Waals surface area contributed by atoms with E-state index in [0.29, 0.717) is 23.5 Å². The Morgan fingerprint density at radius 2 is 1.30 bits per heavy atom. The fourth-order valence-electron chi connectivity index (χ4n) is 4.27. The number of para-hydroxylation sites is 1. The molecule has 0 radical (unpaired) electrons. The first-order valence-corrected chi connectivity index (χ1v) is 14.6. The zero-order chi connectivity index (χ0) is 28.8. The van der Waals surface area contributed by atoms with E-state index in [1.165, 1.54) is 18.4 Å². The Balaban J connectivity index is 0. The number of hydrogen-bond acceptors (Lipinski definition) is 2. The molecule has 3 nitrogen and oxygen atoms in total. The molecule has 0 amide bonds. The number of carboxylic acids is 1. The zero-order valence-corrected chi connectivity index (χ0v) is 25.6. The molecule has 0 saturated heterocycles. The molecule has 0 spiro atoms. The quantitative estimate of drug-likeness (QED) is 0.403. The summed E-state index contributed by atoms with van der Waals surface area (Å²) in [5, 5.41) is 18.2. The normalized spacial score (nSPS) is 16.1. The lowest BCUT2D eigenvalue weighted by atomic mass is 9.76. The van der Waals surface area contributed by atoms with Gasteiger partial charge in [-0.3, -0.25) is 4.79 Å². The van der Waals surface area contributed by atoms with Crippen molar-refractivity contribution in [2.75, 3.05) is 0 Å². The first-order chi connectivity index (χ1) is 17.6. The maximum absolute atomic E-state index is 10.7. The topological polar surface area (TPSA) is 57.5 Å². The van der Waals surface area contributed by atoms with E-state index in [4.69, 9.17) is 5.11 Å². The SMILES string of the molecule is CC.CC.CC(C)C1CCCC(C(=O)O)C1.CC(C)Cc1ccccc1.CC(C)Cc1ccccc1O. The van der Waals surface area contributed by atoms with E-state index >= 15 is 0 Å². The summed E-state index contributed by atoms with van der Waals surface area (Å²) in [4.78, 5) is 10.7. The van der Waals surface area contributed by atoms with Crippen LogP contribution in [0, 0.1) is 29.6 Å². The average molecular weight is 515 g/mol. The van der Waals surface area contributed by atoms with Crippen LogP contribution in [0.4, 0.5) is 0 Å². The van der Waals surface area contributed by atoms with Gasteiger partial charge < -0.3 is 10.2 Å². The summed E-state index contributed by atoms with van der Waals surface area (Å²) in [5.41, 5.74) is 2.49. The van der Waals surface area contributed by atoms with Crippen molar-refractivity contribution in [3.63, 3.8) is 0 Å². The van der Waals surface area contributed by atoms with Crippen molar-refractivity contribution in [2.45, 2.75) is 108 Å². The highest BCUT2D eigenvalue weighted by atomic mass is 16.4. The highest BCUT2D eigenvalue weighted by molar-refractivity contribution is 5.70. The van der Waals surface area contributed by atoms with Gasteiger partial charge in [-0.05, 0) is 66.5 Å². The van der Waals surface area contributed by atoms with E-state index in [0.717, 1.165) is 37.2 Å². The van der Waals surface area contributed by atoms with E-state index in [-0.39, 0.29) is 5.92 Å². The monoisotopic (exact) mass is 514 g/mol. The van der Waals surface area contributed by atoms with Gasteiger partial charge in [0.1, 0.15) is 5.75 Å². The number of phenols is 1. The molecule has 0 aromatic heterocycles. The van der Waals surface area contributed by atoms with Crippen molar-refractivity contribution in [1.29, 1.82) is 0 Å². The average Bonchev–Trinajstić information content (AvgIpc) is 2.89. The molecule has 1 saturated carbocycles. The molecule has 0 aliphatic heterocycles. The Kier molecular flexibility index (Phi) is 22.8. The summed E-state index contributed by atoms with van der Waals surface area (Å²) in [6.07, 6.45) is 6.25. The Hall–Kier alpha value is -2.29. The van der Waals surface area contributed by atoms with Crippen molar-refractivity contribution in [3.05, 3.63) is 65.7 Å². The third kappa shape index (κ3) is 18.6. The summed E-state index contributed by atoms with van der Waals surface area (Å²) in [6, 6.07) is 18.1. The second kappa shape index (κ2) is 22.9. The van der Waals surface area contributed by atoms with Gasteiger partial charge in [-0.1, -0.05) is 131 Å². The van der Waals surface area contributed by atoms with E-state index in [2.05, 4.69) is 71.9 Å². The maximum atomic E-state index is 10.7. The van der Waals surface area contributed by atoms with Gasteiger partial charge in [0.15, 0.2) is 0 Å². The van der Waals surface area contributed by atoms with Crippen LogP contribution >= 0.6 is 0 Å². The third-order valence-electron chi connectivity index (χ3n) is 6.11. The lowest BCUT2D eigenvalue weighted by Gasteiger charge is -2.29. The fourth-order valence-corrected chi connectivity index (χ4v) is 4.27. The minimum absolute atomic E-state index is 0.0638. The minimum atomic E-state index is -0.597. The Labute approximate surface area is 229 Å². The highest BCUT2D eigenvalue weighted by Gasteiger charge is 2.28. The van der Waals surface area contributed by atoms with Crippen molar-refractivity contribution >= 4 is 5.97 Å². The van der Waals surface area contributed by atoms with Crippen molar-refractivity contribution < 1.29 is 15.0 Å². The predicted molar refractivity (Wildman–Crippen MR) is 162 cm³/mol. The lowest BCUT2D eigenvalue weighted by Crippen LogP contribution is -2.25. The predicted octanol–water partition coefficient (Wildman–Crippen LogP) is 10.1. The van der Waals surface area contributed by atoms with Crippen LogP contribution in [0.1, 0.15) is 106 Å². The molecule has 2 unspecified atom stereocenters. The number of aromatic hydroxyl groups is 1. The first kappa shape index (κ1) is 36.9. The van der Waals surface area contributed by atoms with Gasteiger partial charge in [-0.15, -0.1) is 0 Å². The van der Waals surface area contributed by atoms with E-state index in [1.807, 2.05) is 45.9 Å². The van der Waals surface area contributed by atoms with E-state index in [9.17, 15) is 9.90 Å². The minimum Gasteiger partial charge on any atom is -0.508 e. The molecule has 0 heterocycles. The Morgan fingerprint density at radius 1 is 0.784 bits per heavy atom. The molecule has 2 N–H and O–H groups in total. The second-order valence-electron chi connectivity index (χ2n) is 10.5. The molecule has 0 bridgehead atoms. The van der Waals surface area contributed by atoms with E-state index < -0.39 is 5.97 Å². The number of aliphatic carboxylic acids is 1. The lowest BCUT2D eigenvalue weighted by molar-refractivity contribution is -0.143. The van der Waals surface area contributed by atoms with Crippen LogP contribution in [-0.2, 0) is 17.6 Å². The Morgan fingerprint density at radius 3 is 1.76 bits per heavy atom. The van der Waals surface area contributed by atoms with Gasteiger partial charge in [0.05, 0.1) is 5.92 Å². The number of rotatable bonds is 6. The number of hydrogen-bond donors (Lipinski definition) is 2. The first-order valence-electron chi connectivity index (χ1n) is 14.6. The molecule has 212 valence electrons. The molecule has 37 heavy (non-hydrogen) atoms. The molecular weight excluding hydrogens is 456 g/mol. The smallest absolute Gasteiger partial charge is 0.306 e. The van der Waals surface area contributed by atoms with Crippen molar-refractivity contribution in [1.82, 2.24) is 0 Å². The van der Waals surface area contributed by atoms with Crippen LogP contribution in [0.15, 0.2) is 54.6 Å². The Bertz CT molecular complexity index is 781. The van der Waals surface area contributed by atoms with Crippen molar-refractivity contribution in [2.24, 2.45) is 29.6 Å². The standard InChI is InChI=1S/C10H18O2.C10H14O.C10H14.2C2H6/c1-7(2)8-4-3-5-9(6-8)10(11)12;1-8(2)7-9-5-3-4-6-10(9)11;1-9(2)8-10-6-4-3-5-7-10;2*1-2/h7-9H,3-6H2,1-2H3,(H,11,12);3-6,8,11H,7H2,1-2H3;3-7,9H,8H2,1-2H3;2*1-2H3. The van der Waals surface area contributed by atoms with Crippen LogP contribution in [0.2, 0.25) is 0 Å². The van der Waals surface area contributed by atoms with Crippen LogP contribution in [0.3, 0.4) is 0 Å². The van der Waals surface area contributed by atoms with Gasteiger partial charge >= 0.3 is 5.97 Å². The van der Waals surface area contributed by atoms with Gasteiger partial charge in [0.2, 0.25) is 0 Å². The summed E-state index contributed by atoms with van der Waals surface area (Å²) >= 11 is 0. The largest absolute Gasteiger partial charge is 0.508 e. The summed E-state index contributed by atoms with van der Waals surface area (Å²) in [7, 11) is 0. The van der Waals surface area contributed by atoms with Crippen LogP contribution < -0.4 is 0 Å². The molecule has 1 aliphatic carbocycles. The molecule has 1 fully saturated rings. The van der Waals surface area contributed by atoms with E-state index in [1.54, 1.807) is 6.07 Å². The molecule has 2 aromatic carbocycles. The zero-order valence-electron chi connectivity index (χ0n) is 25.6. The molecule has 3 heteroatoms. The van der Waals surface area contributed by atoms with Gasteiger partial charge in [0.25, 0.3) is 0 Å². The van der Waals surface area contributed by atoms with Gasteiger partial charge in [0, 0.05) is 0 Å². The van der Waals surface area contributed by atoms with Gasteiger partial charge in [-0.25, -0.2) is 0 Å². The maximum Gasteiger partial charge on any atom is 0.306 e. The second-order valence-corrected chi connectivity index (χ2v) is 10.5. The fraction of sp³-hybridized carbons (Fsp3) is 0.618. The van der Waals surface area contributed by atoms with Crippen LogP contribution in [0.25, 0.3) is 0 Å². The molecule has 2 aromatic rings. The third-order valence-corrected chi connectivity index (χ3v) is 6.11. The number of carbonyl (C=O) groups is 1. The number of benzene rings is 2. The molecule has 2 atom stereocenters. The molecule has 1 aliphatic rings. The van der Waals surface area contributed by atoms with Crippen LogP contribution in [-0.4, -0.2) is 16.2 Å². The van der Waals surface area contributed by atoms with Gasteiger partial charge in [-0.2, -0.15) is 0 Å². The van der Waals surface area contributed by atoms with Crippen LogP contribution in [0.5, 0.6) is 5.75 Å². The van der Waals surface area contributed by atoms with Crippen molar-refractivity contribution in [3.8, 4) is 5.75 Å². The number of phenolic OH excluding ortho intramolecular Hbond substituents is 1. The summed E-state index contributed by atoms with van der Waals surface area (Å²) < 4.78 is 0. The highest BCUT2D eigenvalue weighted by Crippen LogP contribution is 2.33. The summed E-state index contributed by atoms with van der Waals surface area (Å²) in [5.74, 6) is 2.41. The number of carboxylic acid groups (broad SMARTS) is 1.